The van der Waals surface area contributed by atoms with Gasteiger partial charge in [0.2, 0.25) is 0 Å². The number of nitrogens with zero attached hydrogens (tertiary/aromatic N) is 2. The van der Waals surface area contributed by atoms with Crippen LogP contribution in [0.25, 0.3) is 10.9 Å². The molecule has 0 aliphatic carbocycles. The molecule has 4 nitrogen and oxygen atoms in total. The highest BCUT2D eigenvalue weighted by atomic mass is 79.9. The Labute approximate surface area is 142 Å². The average molecular weight is 384 g/mol. The van der Waals surface area contributed by atoms with E-state index in [-0.39, 0.29) is 12.8 Å². The first-order valence-electron chi connectivity index (χ1n) is 7.29. The molecule has 1 aliphatic heterocycles. The number of ether oxygens (including phenoxy) is 1. The summed E-state index contributed by atoms with van der Waals surface area (Å²) in [5.74, 6) is 5.91. The number of aliphatic hydroxyl groups excluding tert-OH is 1. The van der Waals surface area contributed by atoms with Crippen molar-refractivity contribution in [2.75, 3.05) is 13.2 Å². The van der Waals surface area contributed by atoms with Gasteiger partial charge >= 0.3 is 0 Å². The highest BCUT2D eigenvalue weighted by Gasteiger charge is 2.20. The first-order valence-corrected chi connectivity index (χ1v) is 8.46. The minimum Gasteiger partial charge on any atom is -0.395 e. The number of hydrogen-bond donors (Lipinski definition) is 1. The van der Waals surface area contributed by atoms with Crippen LogP contribution in [0.15, 0.2) is 16.7 Å². The summed E-state index contributed by atoms with van der Waals surface area (Å²) in [6, 6.07) is 1.88. The molecule has 0 radical (unpaired) electrons. The Kier molecular flexibility index (Phi) is 5.04. The van der Waals surface area contributed by atoms with Gasteiger partial charge in [0, 0.05) is 22.9 Å². The molecular formula is C16H16BrClN2O2. The van der Waals surface area contributed by atoms with E-state index < -0.39 is 0 Å². The largest absolute Gasteiger partial charge is 0.395 e. The standard InChI is InChI=1S/C16H16BrClN2O2/c17-16-11(5-1-3-7-21)13(18)9-14-12(16)10-19-20(14)15-6-2-4-8-22-15/h9-10,15,21H,2-4,6-8H2. The van der Waals surface area contributed by atoms with Gasteiger partial charge in [-0.3, -0.25) is 0 Å². The normalized spacial score (nSPS) is 18.2. The molecule has 2 aromatic rings. The molecule has 2 heterocycles. The summed E-state index contributed by atoms with van der Waals surface area (Å²) in [5.41, 5.74) is 1.67. The number of aliphatic hydroxyl groups is 1. The summed E-state index contributed by atoms with van der Waals surface area (Å²) in [6.07, 6.45) is 5.42. The lowest BCUT2D eigenvalue weighted by molar-refractivity contribution is -0.0366. The first kappa shape index (κ1) is 15.8. The molecule has 1 aliphatic rings. The van der Waals surface area contributed by atoms with Crippen molar-refractivity contribution in [2.24, 2.45) is 0 Å². The second kappa shape index (κ2) is 7.01. The second-order valence-corrected chi connectivity index (χ2v) is 6.37. The monoisotopic (exact) mass is 382 g/mol. The van der Waals surface area contributed by atoms with Gasteiger partial charge in [0.25, 0.3) is 0 Å². The van der Waals surface area contributed by atoms with Crippen molar-refractivity contribution in [3.05, 3.63) is 27.3 Å². The number of benzene rings is 1. The van der Waals surface area contributed by atoms with Crippen LogP contribution in [0.4, 0.5) is 0 Å². The van der Waals surface area contributed by atoms with Crippen LogP contribution in [0, 0.1) is 11.8 Å². The van der Waals surface area contributed by atoms with Crippen molar-refractivity contribution in [3.63, 3.8) is 0 Å². The summed E-state index contributed by atoms with van der Waals surface area (Å²) < 4.78 is 8.54. The molecule has 0 amide bonds. The predicted molar refractivity (Wildman–Crippen MR) is 89.9 cm³/mol. The summed E-state index contributed by atoms with van der Waals surface area (Å²) in [6.45, 7) is 0.813. The topological polar surface area (TPSA) is 47.3 Å². The van der Waals surface area contributed by atoms with Crippen LogP contribution in [0.1, 0.15) is 37.5 Å². The first-order chi connectivity index (χ1) is 10.7. The van der Waals surface area contributed by atoms with Gasteiger partial charge in [-0.15, -0.1) is 0 Å². The Balaban J connectivity index is 2.04. The SMILES string of the molecule is OCCC#Cc1c(Cl)cc2c(cnn2C2CCCCO2)c1Br. The third kappa shape index (κ3) is 3.02. The van der Waals surface area contributed by atoms with E-state index >= 15 is 0 Å². The Bertz CT molecular complexity index is 742. The van der Waals surface area contributed by atoms with Crippen LogP contribution < -0.4 is 0 Å². The molecule has 1 unspecified atom stereocenters. The van der Waals surface area contributed by atoms with Crippen LogP contribution in [0.2, 0.25) is 5.02 Å². The van der Waals surface area contributed by atoms with Crippen LogP contribution in [0.5, 0.6) is 0 Å². The number of aromatic nitrogens is 2. The highest BCUT2D eigenvalue weighted by Crippen LogP contribution is 2.35. The van der Waals surface area contributed by atoms with Crippen molar-refractivity contribution < 1.29 is 9.84 Å². The van der Waals surface area contributed by atoms with Gasteiger partial charge in [0.05, 0.1) is 28.9 Å². The fourth-order valence-electron chi connectivity index (χ4n) is 2.58. The van der Waals surface area contributed by atoms with Crippen molar-refractivity contribution in [3.8, 4) is 11.8 Å². The van der Waals surface area contributed by atoms with E-state index in [0.29, 0.717) is 11.4 Å². The molecule has 0 saturated carbocycles. The average Bonchev–Trinajstić information content (AvgIpc) is 2.95. The molecule has 6 heteroatoms. The second-order valence-electron chi connectivity index (χ2n) is 5.17. The van der Waals surface area contributed by atoms with Gasteiger partial charge in [-0.1, -0.05) is 23.4 Å². The summed E-state index contributed by atoms with van der Waals surface area (Å²) in [7, 11) is 0. The minimum absolute atomic E-state index is 0.0273. The molecule has 1 saturated heterocycles. The Morgan fingerprint density at radius 3 is 3.09 bits per heavy atom. The van der Waals surface area contributed by atoms with E-state index in [0.717, 1.165) is 46.8 Å². The Morgan fingerprint density at radius 2 is 2.36 bits per heavy atom. The quantitative estimate of drug-likeness (QED) is 0.801. The minimum atomic E-state index is -0.0273. The van der Waals surface area contributed by atoms with E-state index in [1.54, 1.807) is 0 Å². The lowest BCUT2D eigenvalue weighted by Gasteiger charge is -2.23. The molecule has 1 atom stereocenters. The van der Waals surface area contributed by atoms with Gasteiger partial charge < -0.3 is 9.84 Å². The van der Waals surface area contributed by atoms with Crippen molar-refractivity contribution in [2.45, 2.75) is 31.9 Å². The zero-order chi connectivity index (χ0) is 15.5. The van der Waals surface area contributed by atoms with Crippen molar-refractivity contribution in [1.29, 1.82) is 0 Å². The number of rotatable bonds is 2. The van der Waals surface area contributed by atoms with Gasteiger partial charge in [-0.2, -0.15) is 5.10 Å². The third-order valence-corrected chi connectivity index (χ3v) is 4.79. The van der Waals surface area contributed by atoms with Crippen molar-refractivity contribution in [1.82, 2.24) is 9.78 Å². The Hall–Kier alpha value is -1.06. The molecule has 1 fully saturated rings. The van der Waals surface area contributed by atoms with Crippen LogP contribution in [0.3, 0.4) is 0 Å². The zero-order valence-corrected chi connectivity index (χ0v) is 14.3. The molecule has 0 bridgehead atoms. The summed E-state index contributed by atoms with van der Waals surface area (Å²) >= 11 is 9.96. The maximum absolute atomic E-state index is 8.83. The fourth-order valence-corrected chi connectivity index (χ4v) is 3.56. The molecule has 1 N–H and O–H groups in total. The highest BCUT2D eigenvalue weighted by molar-refractivity contribution is 9.10. The molecule has 3 rings (SSSR count). The van der Waals surface area contributed by atoms with Crippen molar-refractivity contribution >= 4 is 38.4 Å². The lowest BCUT2D eigenvalue weighted by atomic mass is 10.1. The van der Waals surface area contributed by atoms with Crippen LogP contribution in [-0.2, 0) is 4.74 Å². The smallest absolute Gasteiger partial charge is 0.150 e. The Morgan fingerprint density at radius 1 is 1.50 bits per heavy atom. The van der Waals surface area contributed by atoms with Gasteiger partial charge in [-0.25, -0.2) is 4.68 Å². The lowest BCUT2D eigenvalue weighted by Crippen LogP contribution is -2.18. The molecule has 116 valence electrons. The van der Waals surface area contributed by atoms with Crippen LogP contribution in [-0.4, -0.2) is 28.1 Å². The maximum Gasteiger partial charge on any atom is 0.150 e. The molecule has 1 aromatic carbocycles. The number of hydrogen-bond acceptors (Lipinski definition) is 3. The number of halogens is 2. The zero-order valence-electron chi connectivity index (χ0n) is 12.0. The van der Waals surface area contributed by atoms with Gasteiger partial charge in [0.1, 0.15) is 0 Å². The van der Waals surface area contributed by atoms with E-state index in [4.69, 9.17) is 21.4 Å². The number of fused-ring (bicyclic) bond motifs is 1. The van der Waals surface area contributed by atoms with Gasteiger partial charge in [0.15, 0.2) is 6.23 Å². The molecule has 1 aromatic heterocycles. The van der Waals surface area contributed by atoms with E-state index in [2.05, 4.69) is 32.9 Å². The maximum atomic E-state index is 8.83. The van der Waals surface area contributed by atoms with E-state index in [1.165, 1.54) is 0 Å². The molecule has 0 spiro atoms. The summed E-state index contributed by atoms with van der Waals surface area (Å²) in [4.78, 5) is 0. The summed E-state index contributed by atoms with van der Waals surface area (Å²) in [5, 5.41) is 14.8. The fraction of sp³-hybridized carbons (Fsp3) is 0.438. The van der Waals surface area contributed by atoms with E-state index in [1.807, 2.05) is 16.9 Å². The third-order valence-electron chi connectivity index (χ3n) is 3.67. The van der Waals surface area contributed by atoms with E-state index in [9.17, 15) is 0 Å². The predicted octanol–water partition coefficient (Wildman–Crippen LogP) is 3.89. The van der Waals surface area contributed by atoms with Gasteiger partial charge in [-0.05, 0) is 41.3 Å². The molecular weight excluding hydrogens is 368 g/mol. The molecule has 22 heavy (non-hydrogen) atoms. The van der Waals surface area contributed by atoms with Crippen LogP contribution >= 0.6 is 27.5 Å².